The van der Waals surface area contributed by atoms with E-state index in [-0.39, 0.29) is 19.0 Å². The van der Waals surface area contributed by atoms with Crippen LogP contribution < -0.4 is 0 Å². The predicted octanol–water partition coefficient (Wildman–Crippen LogP) is 5.86. The average Bonchev–Trinajstić information content (AvgIpc) is 3.06. The van der Waals surface area contributed by atoms with Gasteiger partial charge in [0, 0.05) is 6.42 Å². The Kier molecular flexibility index (Phi) is 15.9. The quantitative estimate of drug-likeness (QED) is 0.212. The van der Waals surface area contributed by atoms with E-state index in [0.717, 1.165) is 19.3 Å². The molecule has 0 spiro atoms. The molecule has 0 amide bonds. The molecule has 1 rings (SSSR count). The predicted molar refractivity (Wildman–Crippen MR) is 116 cm³/mol. The van der Waals surface area contributed by atoms with Crippen LogP contribution in [0.3, 0.4) is 0 Å². The molecule has 1 fully saturated rings. The van der Waals surface area contributed by atoms with E-state index in [0.29, 0.717) is 6.42 Å². The third-order valence-corrected chi connectivity index (χ3v) is 5.76. The second kappa shape index (κ2) is 17.7. The topological polar surface area (TPSA) is 72.8 Å². The maximum Gasteiger partial charge on any atom is 0.310 e. The highest BCUT2D eigenvalue weighted by Crippen LogP contribution is 2.19. The number of esters is 2. The van der Waals surface area contributed by atoms with Gasteiger partial charge in [0.15, 0.2) is 12.2 Å². The number of hydrogen-bond donors (Lipinski definition) is 1. The fourth-order valence-corrected chi connectivity index (χ4v) is 3.91. The zero-order chi connectivity index (χ0) is 21.2. The Morgan fingerprint density at radius 1 is 0.862 bits per heavy atom. The lowest BCUT2D eigenvalue weighted by Gasteiger charge is -2.15. The minimum absolute atomic E-state index is 0.0515. The van der Waals surface area contributed by atoms with Crippen molar-refractivity contribution in [1.82, 2.24) is 0 Å². The molecule has 0 saturated carbocycles. The number of aliphatic hydroxyl groups is 1. The number of cyclic esters (lactones) is 1. The largest absolute Gasteiger partial charge is 0.458 e. The summed E-state index contributed by atoms with van der Waals surface area (Å²) in [5.41, 5.74) is 0. The van der Waals surface area contributed by atoms with E-state index >= 15 is 0 Å². The molecule has 1 aliphatic rings. The Labute approximate surface area is 177 Å². The van der Waals surface area contributed by atoms with Crippen LogP contribution in [-0.4, -0.2) is 35.9 Å². The van der Waals surface area contributed by atoms with Crippen LogP contribution in [0.25, 0.3) is 0 Å². The molecule has 0 bridgehead atoms. The van der Waals surface area contributed by atoms with Crippen molar-refractivity contribution < 1.29 is 24.2 Å². The van der Waals surface area contributed by atoms with Crippen molar-refractivity contribution in [3.63, 3.8) is 0 Å². The number of ether oxygens (including phenoxy) is 2. The zero-order valence-electron chi connectivity index (χ0n) is 18.7. The Hall–Kier alpha value is -1.10. The lowest BCUT2D eigenvalue weighted by atomic mass is 10.0. The SMILES string of the molecule is CCCCCCCCCCCCCCCCCCC(=O)O[C@@H]1CC(=O)O[C@H]1CO. The van der Waals surface area contributed by atoms with Crippen LogP contribution in [0.5, 0.6) is 0 Å². The van der Waals surface area contributed by atoms with Crippen molar-refractivity contribution in [2.24, 2.45) is 0 Å². The Morgan fingerprint density at radius 2 is 1.31 bits per heavy atom. The Morgan fingerprint density at radius 3 is 1.76 bits per heavy atom. The van der Waals surface area contributed by atoms with E-state index in [9.17, 15) is 9.59 Å². The van der Waals surface area contributed by atoms with Gasteiger partial charge in [0.1, 0.15) is 0 Å². The first-order valence-corrected chi connectivity index (χ1v) is 12.2. The highest BCUT2D eigenvalue weighted by Gasteiger charge is 2.37. The summed E-state index contributed by atoms with van der Waals surface area (Å²) in [5, 5.41) is 9.12. The first-order valence-electron chi connectivity index (χ1n) is 12.2. The van der Waals surface area contributed by atoms with Gasteiger partial charge in [0.05, 0.1) is 13.0 Å². The monoisotopic (exact) mass is 412 g/mol. The third-order valence-electron chi connectivity index (χ3n) is 5.76. The van der Waals surface area contributed by atoms with Gasteiger partial charge < -0.3 is 14.6 Å². The van der Waals surface area contributed by atoms with Crippen molar-refractivity contribution in [3.05, 3.63) is 0 Å². The van der Waals surface area contributed by atoms with E-state index in [1.54, 1.807) is 0 Å². The molecule has 0 aromatic carbocycles. The maximum absolute atomic E-state index is 11.8. The van der Waals surface area contributed by atoms with Gasteiger partial charge in [-0.3, -0.25) is 9.59 Å². The van der Waals surface area contributed by atoms with Gasteiger partial charge in [-0.1, -0.05) is 103 Å². The summed E-state index contributed by atoms with van der Waals surface area (Å²) in [6, 6.07) is 0. The highest BCUT2D eigenvalue weighted by atomic mass is 16.6. The Bertz CT molecular complexity index is 423. The molecular weight excluding hydrogens is 368 g/mol. The number of aliphatic hydroxyl groups excluding tert-OH is 1. The van der Waals surface area contributed by atoms with Crippen LogP contribution in [0.2, 0.25) is 0 Å². The van der Waals surface area contributed by atoms with Gasteiger partial charge in [-0.25, -0.2) is 0 Å². The molecule has 1 N–H and O–H groups in total. The fraction of sp³-hybridized carbons (Fsp3) is 0.917. The minimum Gasteiger partial charge on any atom is -0.458 e. The minimum atomic E-state index is -0.697. The molecule has 0 unspecified atom stereocenters. The van der Waals surface area contributed by atoms with Gasteiger partial charge in [-0.15, -0.1) is 0 Å². The van der Waals surface area contributed by atoms with Crippen LogP contribution in [0, 0.1) is 0 Å². The summed E-state index contributed by atoms with van der Waals surface area (Å²) in [5.74, 6) is -0.707. The standard InChI is InChI=1S/C24H44O5/c1-2-3-4-5-6-7-8-9-10-11-12-13-14-15-16-17-18-23(26)28-21-19-24(27)29-22(21)20-25/h21-22,25H,2-20H2,1H3/t21-,22+/m1/s1. The number of carbonyl (C=O) groups is 2. The highest BCUT2D eigenvalue weighted by molar-refractivity contribution is 5.74. The van der Waals surface area contributed by atoms with Crippen molar-refractivity contribution in [3.8, 4) is 0 Å². The van der Waals surface area contributed by atoms with Gasteiger partial charge in [-0.2, -0.15) is 0 Å². The second-order valence-electron chi connectivity index (χ2n) is 8.50. The van der Waals surface area contributed by atoms with Gasteiger partial charge in [0.25, 0.3) is 0 Å². The lowest BCUT2D eigenvalue weighted by molar-refractivity contribution is -0.154. The molecule has 0 radical (unpaired) electrons. The second-order valence-corrected chi connectivity index (χ2v) is 8.50. The molecule has 29 heavy (non-hydrogen) atoms. The summed E-state index contributed by atoms with van der Waals surface area (Å²) in [7, 11) is 0. The van der Waals surface area contributed by atoms with E-state index < -0.39 is 18.2 Å². The van der Waals surface area contributed by atoms with E-state index in [2.05, 4.69) is 6.92 Å². The van der Waals surface area contributed by atoms with Crippen molar-refractivity contribution in [2.75, 3.05) is 6.61 Å². The Balaban J connectivity index is 1.81. The van der Waals surface area contributed by atoms with Crippen molar-refractivity contribution in [2.45, 2.75) is 135 Å². The normalized spacial score (nSPS) is 18.8. The molecule has 170 valence electrons. The van der Waals surface area contributed by atoms with E-state index in [1.165, 1.54) is 83.5 Å². The fourth-order valence-electron chi connectivity index (χ4n) is 3.91. The first-order chi connectivity index (χ1) is 14.2. The molecule has 0 aromatic heterocycles. The summed E-state index contributed by atoms with van der Waals surface area (Å²) in [6.45, 7) is 1.96. The maximum atomic E-state index is 11.8. The van der Waals surface area contributed by atoms with Crippen LogP contribution in [0.15, 0.2) is 0 Å². The molecular formula is C24H44O5. The lowest BCUT2D eigenvalue weighted by Crippen LogP contribution is -2.30. The van der Waals surface area contributed by atoms with Gasteiger partial charge in [-0.05, 0) is 6.42 Å². The molecule has 2 atom stereocenters. The average molecular weight is 413 g/mol. The third kappa shape index (κ3) is 13.7. The summed E-state index contributed by atoms with van der Waals surface area (Å²) in [4.78, 5) is 23.0. The van der Waals surface area contributed by atoms with Crippen LogP contribution in [0.4, 0.5) is 0 Å². The van der Waals surface area contributed by atoms with Gasteiger partial charge in [0.2, 0.25) is 0 Å². The van der Waals surface area contributed by atoms with Crippen LogP contribution in [0.1, 0.15) is 122 Å². The number of carbonyl (C=O) groups excluding carboxylic acids is 2. The molecule has 1 saturated heterocycles. The number of hydrogen-bond acceptors (Lipinski definition) is 5. The summed E-state index contributed by atoms with van der Waals surface area (Å²) in [6.07, 6.45) is 19.9. The first kappa shape index (κ1) is 25.9. The van der Waals surface area contributed by atoms with Crippen molar-refractivity contribution in [1.29, 1.82) is 0 Å². The van der Waals surface area contributed by atoms with E-state index in [4.69, 9.17) is 14.6 Å². The smallest absolute Gasteiger partial charge is 0.310 e. The summed E-state index contributed by atoms with van der Waals surface area (Å²) >= 11 is 0. The van der Waals surface area contributed by atoms with Gasteiger partial charge >= 0.3 is 11.9 Å². The molecule has 1 heterocycles. The molecule has 1 aliphatic heterocycles. The molecule has 0 aromatic rings. The number of unbranched alkanes of at least 4 members (excludes halogenated alkanes) is 15. The van der Waals surface area contributed by atoms with Crippen LogP contribution in [-0.2, 0) is 19.1 Å². The molecule has 0 aliphatic carbocycles. The zero-order valence-corrected chi connectivity index (χ0v) is 18.7. The van der Waals surface area contributed by atoms with Crippen LogP contribution >= 0.6 is 0 Å². The number of rotatable bonds is 19. The molecule has 5 heteroatoms. The van der Waals surface area contributed by atoms with E-state index in [1.807, 2.05) is 0 Å². The molecule has 5 nitrogen and oxygen atoms in total. The summed E-state index contributed by atoms with van der Waals surface area (Å²) < 4.78 is 10.2. The van der Waals surface area contributed by atoms with Crippen molar-refractivity contribution >= 4 is 11.9 Å².